The van der Waals surface area contributed by atoms with Gasteiger partial charge in [0.15, 0.2) is 0 Å². The summed E-state index contributed by atoms with van der Waals surface area (Å²) in [7, 11) is 0. The number of para-hydroxylation sites is 1. The molecular formula is C23H28Cl2N2O. The molecule has 1 aliphatic rings. The van der Waals surface area contributed by atoms with Gasteiger partial charge in [-0.15, -0.1) is 0 Å². The first-order valence-electron chi connectivity index (χ1n) is 10.1. The number of aryl methyl sites for hydroxylation is 2. The number of carbonyl (C=O) groups is 1. The zero-order valence-electron chi connectivity index (χ0n) is 16.6. The van der Waals surface area contributed by atoms with Gasteiger partial charge in [-0.25, -0.2) is 0 Å². The number of piperidine rings is 1. The van der Waals surface area contributed by atoms with Crippen LogP contribution in [0.2, 0.25) is 10.0 Å². The van der Waals surface area contributed by atoms with Crippen LogP contribution in [0.15, 0.2) is 36.4 Å². The Hall–Kier alpha value is -1.55. The molecule has 0 bridgehead atoms. The van der Waals surface area contributed by atoms with Crippen molar-refractivity contribution in [3.8, 4) is 0 Å². The minimum atomic E-state index is 0.0487. The monoisotopic (exact) mass is 418 g/mol. The molecule has 2 aromatic rings. The Labute approximate surface area is 178 Å². The number of carbonyl (C=O) groups excluding carboxylic acids is 1. The van der Waals surface area contributed by atoms with Crippen molar-refractivity contribution in [2.24, 2.45) is 5.92 Å². The third-order valence-electron chi connectivity index (χ3n) is 5.65. The van der Waals surface area contributed by atoms with E-state index in [0.717, 1.165) is 56.6 Å². The number of amides is 1. The summed E-state index contributed by atoms with van der Waals surface area (Å²) in [6, 6.07) is 11.9. The molecule has 0 saturated carbocycles. The van der Waals surface area contributed by atoms with E-state index in [0.29, 0.717) is 10.0 Å². The highest BCUT2D eigenvalue weighted by Gasteiger charge is 2.26. The van der Waals surface area contributed by atoms with Crippen LogP contribution < -0.4 is 5.32 Å². The Morgan fingerprint density at radius 2 is 1.54 bits per heavy atom. The standard InChI is InChI=1S/C23H28Cl2N2O/c1-3-16-7-5-8-17(4-2)22(16)26-23(28)18-11-13-27(14-12-18)15-19-20(24)9-6-10-21(19)25/h5-10,18H,3-4,11-15H2,1-2H3,(H,26,28). The summed E-state index contributed by atoms with van der Waals surface area (Å²) >= 11 is 12.6. The number of nitrogens with one attached hydrogen (secondary N) is 1. The summed E-state index contributed by atoms with van der Waals surface area (Å²) in [5.41, 5.74) is 4.40. The van der Waals surface area contributed by atoms with Crippen LogP contribution in [-0.4, -0.2) is 23.9 Å². The van der Waals surface area contributed by atoms with Gasteiger partial charge in [-0.3, -0.25) is 9.69 Å². The number of nitrogens with zero attached hydrogens (tertiary/aromatic N) is 1. The fourth-order valence-electron chi connectivity index (χ4n) is 3.89. The predicted molar refractivity (Wildman–Crippen MR) is 118 cm³/mol. The molecule has 3 rings (SSSR count). The maximum Gasteiger partial charge on any atom is 0.227 e. The number of rotatable bonds is 6. The lowest BCUT2D eigenvalue weighted by Gasteiger charge is -2.32. The summed E-state index contributed by atoms with van der Waals surface area (Å²) in [4.78, 5) is 15.2. The van der Waals surface area contributed by atoms with Crippen molar-refractivity contribution in [1.82, 2.24) is 4.90 Å². The van der Waals surface area contributed by atoms with Crippen molar-refractivity contribution in [2.45, 2.75) is 46.1 Å². The average Bonchev–Trinajstić information content (AvgIpc) is 2.71. The molecule has 1 saturated heterocycles. The normalized spacial score (nSPS) is 15.6. The van der Waals surface area contributed by atoms with E-state index in [1.54, 1.807) is 0 Å². The Bertz CT molecular complexity index is 787. The highest BCUT2D eigenvalue weighted by Crippen LogP contribution is 2.29. The van der Waals surface area contributed by atoms with Gasteiger partial charge in [-0.1, -0.05) is 61.3 Å². The second kappa shape index (κ2) is 9.78. The lowest BCUT2D eigenvalue weighted by Crippen LogP contribution is -2.38. The maximum absolute atomic E-state index is 12.9. The van der Waals surface area contributed by atoms with Crippen molar-refractivity contribution in [1.29, 1.82) is 0 Å². The quantitative estimate of drug-likeness (QED) is 0.626. The lowest BCUT2D eigenvalue weighted by atomic mass is 9.94. The molecule has 1 N–H and O–H groups in total. The lowest BCUT2D eigenvalue weighted by molar-refractivity contribution is -0.121. The van der Waals surface area contributed by atoms with E-state index < -0.39 is 0 Å². The Balaban J connectivity index is 1.60. The zero-order valence-corrected chi connectivity index (χ0v) is 18.1. The zero-order chi connectivity index (χ0) is 20.1. The smallest absolute Gasteiger partial charge is 0.227 e. The number of hydrogen-bond acceptors (Lipinski definition) is 2. The van der Waals surface area contributed by atoms with Crippen molar-refractivity contribution in [3.05, 3.63) is 63.1 Å². The van der Waals surface area contributed by atoms with E-state index in [2.05, 4.69) is 42.3 Å². The molecular weight excluding hydrogens is 391 g/mol. The first-order chi connectivity index (χ1) is 13.5. The van der Waals surface area contributed by atoms with E-state index in [1.807, 2.05) is 18.2 Å². The molecule has 1 aliphatic heterocycles. The molecule has 3 nitrogen and oxygen atoms in total. The SMILES string of the molecule is CCc1cccc(CC)c1NC(=O)C1CCN(Cc2c(Cl)cccc2Cl)CC1. The minimum Gasteiger partial charge on any atom is -0.325 e. The highest BCUT2D eigenvalue weighted by atomic mass is 35.5. The molecule has 0 aromatic heterocycles. The number of halogens is 2. The molecule has 0 atom stereocenters. The van der Waals surface area contributed by atoms with Crippen molar-refractivity contribution in [3.63, 3.8) is 0 Å². The first-order valence-corrected chi connectivity index (χ1v) is 10.9. The molecule has 1 amide bonds. The van der Waals surface area contributed by atoms with Gasteiger partial charge in [0.1, 0.15) is 0 Å². The second-order valence-corrected chi connectivity index (χ2v) is 8.21. The van der Waals surface area contributed by atoms with Crippen LogP contribution in [-0.2, 0) is 24.2 Å². The van der Waals surface area contributed by atoms with Gasteiger partial charge in [0.2, 0.25) is 5.91 Å². The third kappa shape index (κ3) is 4.89. The number of likely N-dealkylation sites (tertiary alicyclic amines) is 1. The van der Waals surface area contributed by atoms with E-state index >= 15 is 0 Å². The number of anilines is 1. The van der Waals surface area contributed by atoms with Gasteiger partial charge >= 0.3 is 0 Å². The van der Waals surface area contributed by atoms with Gasteiger partial charge in [0.05, 0.1) is 0 Å². The Kier molecular flexibility index (Phi) is 7.39. The minimum absolute atomic E-state index is 0.0487. The topological polar surface area (TPSA) is 32.3 Å². The van der Waals surface area contributed by atoms with Crippen LogP contribution >= 0.6 is 23.2 Å². The van der Waals surface area contributed by atoms with Crippen molar-refractivity contribution >= 4 is 34.8 Å². The molecule has 0 aliphatic carbocycles. The molecule has 1 fully saturated rings. The summed E-state index contributed by atoms with van der Waals surface area (Å²) in [5.74, 6) is 0.193. The van der Waals surface area contributed by atoms with Crippen LogP contribution in [0.5, 0.6) is 0 Å². The number of benzene rings is 2. The fraction of sp³-hybridized carbons (Fsp3) is 0.435. The Morgan fingerprint density at radius 3 is 2.07 bits per heavy atom. The molecule has 1 heterocycles. The molecule has 2 aromatic carbocycles. The fourth-order valence-corrected chi connectivity index (χ4v) is 4.41. The maximum atomic E-state index is 12.9. The largest absolute Gasteiger partial charge is 0.325 e. The summed E-state index contributed by atoms with van der Waals surface area (Å²) < 4.78 is 0. The summed E-state index contributed by atoms with van der Waals surface area (Å²) in [5, 5.41) is 4.64. The first kappa shape index (κ1) is 21.2. The Morgan fingerprint density at radius 1 is 1.00 bits per heavy atom. The molecule has 28 heavy (non-hydrogen) atoms. The van der Waals surface area contributed by atoms with Crippen LogP contribution in [0.4, 0.5) is 5.69 Å². The van der Waals surface area contributed by atoms with Gasteiger partial charge < -0.3 is 5.32 Å². The van der Waals surface area contributed by atoms with Gasteiger partial charge in [0, 0.05) is 33.8 Å². The third-order valence-corrected chi connectivity index (χ3v) is 6.36. The number of hydrogen-bond donors (Lipinski definition) is 1. The van der Waals surface area contributed by atoms with E-state index in [-0.39, 0.29) is 11.8 Å². The second-order valence-electron chi connectivity index (χ2n) is 7.40. The van der Waals surface area contributed by atoms with Crippen LogP contribution in [0.3, 0.4) is 0 Å². The molecule has 5 heteroatoms. The average molecular weight is 419 g/mol. The predicted octanol–water partition coefficient (Wildman–Crippen LogP) is 5.97. The molecule has 0 spiro atoms. The molecule has 0 unspecified atom stereocenters. The molecule has 0 radical (unpaired) electrons. The van der Waals surface area contributed by atoms with Gasteiger partial charge in [0.25, 0.3) is 0 Å². The molecule has 150 valence electrons. The van der Waals surface area contributed by atoms with Gasteiger partial charge in [-0.05, 0) is 62.0 Å². The van der Waals surface area contributed by atoms with Crippen LogP contribution in [0.25, 0.3) is 0 Å². The highest BCUT2D eigenvalue weighted by molar-refractivity contribution is 6.35. The summed E-state index contributed by atoms with van der Waals surface area (Å²) in [6.07, 6.45) is 3.54. The summed E-state index contributed by atoms with van der Waals surface area (Å²) in [6.45, 7) is 6.72. The van der Waals surface area contributed by atoms with Crippen LogP contribution in [0, 0.1) is 5.92 Å². The van der Waals surface area contributed by atoms with E-state index in [9.17, 15) is 4.79 Å². The van der Waals surface area contributed by atoms with Crippen molar-refractivity contribution in [2.75, 3.05) is 18.4 Å². The van der Waals surface area contributed by atoms with E-state index in [1.165, 1.54) is 11.1 Å². The van der Waals surface area contributed by atoms with Crippen molar-refractivity contribution < 1.29 is 4.79 Å². The van der Waals surface area contributed by atoms with Crippen LogP contribution in [0.1, 0.15) is 43.4 Å². The van der Waals surface area contributed by atoms with E-state index in [4.69, 9.17) is 23.2 Å². The van der Waals surface area contributed by atoms with Gasteiger partial charge in [-0.2, -0.15) is 0 Å².